The maximum Gasteiger partial charge on any atom is 0.348 e. The highest BCUT2D eigenvalue weighted by atomic mass is 32.1. The molecule has 5 heteroatoms. The second-order valence-corrected chi connectivity index (χ2v) is 6.28. The highest BCUT2D eigenvalue weighted by Crippen LogP contribution is 2.35. The van der Waals surface area contributed by atoms with E-state index in [0.29, 0.717) is 10.8 Å². The standard InChI is InChI=1S/C14H20O4S/c1-9-7-10(2)14(16,18-11(9)3)8-17-13(15)12-5-4-6-19-12/h4-6,9-11,16H,7-8H2,1-3H3/t9-,10+,11+,14-/m0/s1. The molecule has 106 valence electrons. The minimum absolute atomic E-state index is 0.0401. The number of rotatable bonds is 3. The molecule has 1 aromatic heterocycles. The van der Waals surface area contributed by atoms with Gasteiger partial charge in [0.15, 0.2) is 0 Å². The van der Waals surface area contributed by atoms with Gasteiger partial charge in [-0.15, -0.1) is 11.3 Å². The molecule has 4 atom stereocenters. The van der Waals surface area contributed by atoms with Crippen LogP contribution in [0.5, 0.6) is 0 Å². The number of esters is 1. The normalized spacial score (nSPS) is 35.1. The van der Waals surface area contributed by atoms with Gasteiger partial charge in [-0.25, -0.2) is 4.79 Å². The zero-order valence-electron chi connectivity index (χ0n) is 11.5. The maximum absolute atomic E-state index is 11.8. The van der Waals surface area contributed by atoms with Gasteiger partial charge in [0.2, 0.25) is 5.79 Å². The number of hydrogen-bond donors (Lipinski definition) is 1. The Kier molecular flexibility index (Phi) is 4.28. The summed E-state index contributed by atoms with van der Waals surface area (Å²) in [6.45, 7) is 5.82. The summed E-state index contributed by atoms with van der Waals surface area (Å²) in [6, 6.07) is 3.49. The van der Waals surface area contributed by atoms with Crippen LogP contribution in [0.25, 0.3) is 0 Å². The number of carbonyl (C=O) groups is 1. The third-order valence-corrected chi connectivity index (χ3v) is 4.67. The van der Waals surface area contributed by atoms with Crippen LogP contribution in [0.4, 0.5) is 0 Å². The van der Waals surface area contributed by atoms with Crippen molar-refractivity contribution >= 4 is 17.3 Å². The molecule has 1 aliphatic heterocycles. The summed E-state index contributed by atoms with van der Waals surface area (Å²) in [6.07, 6.45) is 0.815. The first-order valence-electron chi connectivity index (χ1n) is 6.53. The molecule has 1 N–H and O–H groups in total. The van der Waals surface area contributed by atoms with Crippen LogP contribution in [0.15, 0.2) is 17.5 Å². The molecule has 1 fully saturated rings. The number of thiophene rings is 1. The molecule has 0 unspecified atom stereocenters. The van der Waals surface area contributed by atoms with Crippen molar-refractivity contribution in [3.8, 4) is 0 Å². The van der Waals surface area contributed by atoms with Gasteiger partial charge in [-0.3, -0.25) is 0 Å². The Morgan fingerprint density at radius 2 is 2.32 bits per heavy atom. The molecule has 2 heterocycles. The first-order valence-corrected chi connectivity index (χ1v) is 7.41. The Hall–Kier alpha value is -0.910. The van der Waals surface area contributed by atoms with E-state index in [2.05, 4.69) is 6.92 Å². The van der Waals surface area contributed by atoms with Crippen LogP contribution in [0.3, 0.4) is 0 Å². The second-order valence-electron chi connectivity index (χ2n) is 5.34. The quantitative estimate of drug-likeness (QED) is 0.867. The zero-order chi connectivity index (χ0) is 14.0. The fourth-order valence-electron chi connectivity index (χ4n) is 2.30. The van der Waals surface area contributed by atoms with Crippen molar-refractivity contribution in [2.24, 2.45) is 11.8 Å². The monoisotopic (exact) mass is 284 g/mol. The van der Waals surface area contributed by atoms with Crippen LogP contribution < -0.4 is 0 Å². The topological polar surface area (TPSA) is 55.8 Å². The van der Waals surface area contributed by atoms with Crippen LogP contribution in [0.1, 0.15) is 36.9 Å². The summed E-state index contributed by atoms with van der Waals surface area (Å²) >= 11 is 1.32. The average molecular weight is 284 g/mol. The van der Waals surface area contributed by atoms with Gasteiger partial charge in [0.05, 0.1) is 6.10 Å². The molecule has 4 nitrogen and oxygen atoms in total. The van der Waals surface area contributed by atoms with Crippen LogP contribution in [0.2, 0.25) is 0 Å². The summed E-state index contributed by atoms with van der Waals surface area (Å²) in [5, 5.41) is 12.3. The maximum atomic E-state index is 11.8. The van der Waals surface area contributed by atoms with E-state index in [4.69, 9.17) is 9.47 Å². The van der Waals surface area contributed by atoms with E-state index in [1.54, 1.807) is 12.1 Å². The molecule has 0 saturated carbocycles. The van der Waals surface area contributed by atoms with Crippen LogP contribution >= 0.6 is 11.3 Å². The van der Waals surface area contributed by atoms with E-state index in [1.165, 1.54) is 11.3 Å². The fourth-order valence-corrected chi connectivity index (χ4v) is 2.91. The molecule has 0 spiro atoms. The number of hydrogen-bond acceptors (Lipinski definition) is 5. The van der Waals surface area contributed by atoms with E-state index in [1.807, 2.05) is 19.2 Å². The summed E-state index contributed by atoms with van der Waals surface area (Å²) in [7, 11) is 0. The van der Waals surface area contributed by atoms with E-state index >= 15 is 0 Å². The molecule has 0 aliphatic carbocycles. The van der Waals surface area contributed by atoms with E-state index in [-0.39, 0.29) is 18.6 Å². The Labute approximate surface area is 117 Å². The Balaban J connectivity index is 1.96. The van der Waals surface area contributed by atoms with E-state index in [9.17, 15) is 9.90 Å². The third kappa shape index (κ3) is 3.16. The molecule has 1 aliphatic rings. The van der Waals surface area contributed by atoms with Crippen molar-refractivity contribution < 1.29 is 19.4 Å². The lowest BCUT2D eigenvalue weighted by Gasteiger charge is -2.43. The van der Waals surface area contributed by atoms with Crippen molar-refractivity contribution in [1.29, 1.82) is 0 Å². The molecule has 1 saturated heterocycles. The van der Waals surface area contributed by atoms with Crippen molar-refractivity contribution in [2.45, 2.75) is 39.1 Å². The van der Waals surface area contributed by atoms with Gasteiger partial charge in [-0.05, 0) is 30.7 Å². The summed E-state index contributed by atoms with van der Waals surface area (Å²) in [4.78, 5) is 12.3. The predicted octanol–water partition coefficient (Wildman–Crippen LogP) is 2.67. The SMILES string of the molecule is C[C@@H]1C[C@H](C)[C@@H](C)O[C@@]1(O)COC(=O)c1cccs1. The smallest absolute Gasteiger partial charge is 0.348 e. The summed E-state index contributed by atoms with van der Waals surface area (Å²) in [5.41, 5.74) is 0. The van der Waals surface area contributed by atoms with Gasteiger partial charge in [-0.2, -0.15) is 0 Å². The van der Waals surface area contributed by atoms with Gasteiger partial charge in [-0.1, -0.05) is 19.9 Å². The lowest BCUT2D eigenvalue weighted by molar-refractivity contribution is -0.301. The Bertz CT molecular complexity index is 431. The molecular weight excluding hydrogens is 264 g/mol. The van der Waals surface area contributed by atoms with Crippen LogP contribution in [-0.2, 0) is 9.47 Å². The van der Waals surface area contributed by atoms with E-state index < -0.39 is 11.8 Å². The molecule has 0 amide bonds. The van der Waals surface area contributed by atoms with E-state index in [0.717, 1.165) is 6.42 Å². The number of aliphatic hydroxyl groups is 1. The van der Waals surface area contributed by atoms with Gasteiger partial charge in [0.1, 0.15) is 11.5 Å². The minimum atomic E-state index is -1.38. The molecule has 0 radical (unpaired) electrons. The van der Waals surface area contributed by atoms with Crippen molar-refractivity contribution in [3.05, 3.63) is 22.4 Å². The predicted molar refractivity (Wildman–Crippen MR) is 73.0 cm³/mol. The van der Waals surface area contributed by atoms with Crippen molar-refractivity contribution in [1.82, 2.24) is 0 Å². The first-order chi connectivity index (χ1) is 8.92. The molecule has 19 heavy (non-hydrogen) atoms. The second kappa shape index (κ2) is 5.61. The van der Waals surface area contributed by atoms with Crippen LogP contribution in [-0.4, -0.2) is 29.6 Å². The highest BCUT2D eigenvalue weighted by Gasteiger charge is 2.44. The third-order valence-electron chi connectivity index (χ3n) is 3.82. The van der Waals surface area contributed by atoms with Gasteiger partial charge in [0.25, 0.3) is 0 Å². The fraction of sp³-hybridized carbons (Fsp3) is 0.643. The number of ether oxygens (including phenoxy) is 2. The van der Waals surface area contributed by atoms with Gasteiger partial charge >= 0.3 is 5.97 Å². The largest absolute Gasteiger partial charge is 0.456 e. The first kappa shape index (κ1) is 14.5. The molecular formula is C14H20O4S. The van der Waals surface area contributed by atoms with Crippen LogP contribution in [0, 0.1) is 11.8 Å². The summed E-state index contributed by atoms with van der Waals surface area (Å²) < 4.78 is 10.8. The minimum Gasteiger partial charge on any atom is -0.456 e. The lowest BCUT2D eigenvalue weighted by atomic mass is 9.84. The lowest BCUT2D eigenvalue weighted by Crippen LogP contribution is -2.52. The summed E-state index contributed by atoms with van der Waals surface area (Å²) in [5.74, 6) is -1.46. The molecule has 0 bridgehead atoms. The zero-order valence-corrected chi connectivity index (χ0v) is 12.3. The molecule has 2 rings (SSSR count). The Morgan fingerprint density at radius 1 is 1.58 bits per heavy atom. The number of carbonyl (C=O) groups excluding carboxylic acids is 1. The van der Waals surface area contributed by atoms with Crippen molar-refractivity contribution in [3.63, 3.8) is 0 Å². The molecule has 1 aromatic rings. The average Bonchev–Trinajstić information content (AvgIpc) is 2.88. The van der Waals surface area contributed by atoms with Crippen molar-refractivity contribution in [2.75, 3.05) is 6.61 Å². The molecule has 0 aromatic carbocycles. The Morgan fingerprint density at radius 3 is 2.95 bits per heavy atom. The highest BCUT2D eigenvalue weighted by molar-refractivity contribution is 7.11. The van der Waals surface area contributed by atoms with Gasteiger partial charge < -0.3 is 14.6 Å². The van der Waals surface area contributed by atoms with Gasteiger partial charge in [0, 0.05) is 5.92 Å².